The molecule has 5 atom stereocenters. The van der Waals surface area contributed by atoms with Crippen molar-refractivity contribution in [2.24, 2.45) is 11.8 Å². The molecule has 3 fully saturated rings. The average molecular weight is 398 g/mol. The van der Waals surface area contributed by atoms with E-state index in [2.05, 4.69) is 46.4 Å². The van der Waals surface area contributed by atoms with Gasteiger partial charge in [-0.3, -0.25) is 9.69 Å². The van der Waals surface area contributed by atoms with Crippen LogP contribution in [-0.4, -0.2) is 64.2 Å². The monoisotopic (exact) mass is 397 g/mol. The van der Waals surface area contributed by atoms with Gasteiger partial charge in [0.2, 0.25) is 8.32 Å². The Morgan fingerprint density at radius 1 is 1.07 bits per heavy atom. The van der Waals surface area contributed by atoms with Gasteiger partial charge in [0.15, 0.2) is 0 Å². The summed E-state index contributed by atoms with van der Waals surface area (Å²) in [7, 11) is -0.168. The molecule has 0 aromatic heterocycles. The fourth-order valence-electron chi connectivity index (χ4n) is 6.53. The van der Waals surface area contributed by atoms with Crippen molar-refractivity contribution in [1.29, 1.82) is 0 Å². The number of fused-ring (bicyclic) bond motifs is 3. The second kappa shape index (κ2) is 8.13. The van der Waals surface area contributed by atoms with Gasteiger partial charge < -0.3 is 13.9 Å². The van der Waals surface area contributed by atoms with E-state index in [4.69, 9.17) is 13.9 Å². The molecule has 3 heterocycles. The molecule has 0 saturated carbocycles. The molecule has 0 spiro atoms. The smallest absolute Gasteiger partial charge is 0.309 e. The van der Waals surface area contributed by atoms with E-state index in [1.54, 1.807) is 7.11 Å². The van der Waals surface area contributed by atoms with E-state index in [1.807, 2.05) is 0 Å². The molecule has 6 heteroatoms. The standard InChI is InChI=1S/C21H39NO4Si/c1-13(2)27(14(3)4,15(5)6)25-12-18-19-16(21(23)26-18)8-10-22-11-9-17(24-7)20(19)22/h13-20H,8-12H2,1-7H3/t16-,17+,18-,19+,20+/m1/s1. The number of esters is 1. The van der Waals surface area contributed by atoms with Crippen LogP contribution in [0.3, 0.4) is 0 Å². The highest BCUT2D eigenvalue weighted by atomic mass is 28.4. The van der Waals surface area contributed by atoms with E-state index in [0.717, 1.165) is 25.9 Å². The summed E-state index contributed by atoms with van der Waals surface area (Å²) in [6.07, 6.45) is 2.04. The van der Waals surface area contributed by atoms with E-state index in [1.165, 1.54) is 0 Å². The molecule has 0 N–H and O–H groups in total. The molecule has 0 radical (unpaired) electrons. The zero-order valence-corrected chi connectivity index (χ0v) is 19.2. The lowest BCUT2D eigenvalue weighted by molar-refractivity contribution is -0.145. The minimum atomic E-state index is -1.97. The molecule has 0 aromatic rings. The van der Waals surface area contributed by atoms with Crippen molar-refractivity contribution in [2.45, 2.75) is 89.3 Å². The molecule has 3 aliphatic rings. The molecule has 5 nitrogen and oxygen atoms in total. The molecule has 0 aliphatic carbocycles. The lowest BCUT2D eigenvalue weighted by atomic mass is 9.77. The minimum absolute atomic E-state index is 0.0130. The molecule has 0 aromatic carbocycles. The van der Waals surface area contributed by atoms with E-state index >= 15 is 0 Å². The van der Waals surface area contributed by atoms with Crippen molar-refractivity contribution in [1.82, 2.24) is 4.90 Å². The van der Waals surface area contributed by atoms with Gasteiger partial charge in [0.1, 0.15) is 6.10 Å². The van der Waals surface area contributed by atoms with Gasteiger partial charge >= 0.3 is 5.97 Å². The number of carbonyl (C=O) groups excluding carboxylic acids is 1. The van der Waals surface area contributed by atoms with Crippen LogP contribution in [0.15, 0.2) is 0 Å². The third kappa shape index (κ3) is 3.51. The normalized spacial score (nSPS) is 34.4. The zero-order chi connectivity index (χ0) is 19.9. The summed E-state index contributed by atoms with van der Waals surface area (Å²) in [5.41, 5.74) is 1.60. The third-order valence-corrected chi connectivity index (χ3v) is 13.7. The van der Waals surface area contributed by atoms with Gasteiger partial charge in [0.25, 0.3) is 0 Å². The van der Waals surface area contributed by atoms with E-state index in [-0.39, 0.29) is 30.0 Å². The summed E-state index contributed by atoms with van der Waals surface area (Å²) in [6, 6.07) is 0.294. The van der Waals surface area contributed by atoms with Crippen LogP contribution in [0.2, 0.25) is 16.6 Å². The number of piperidine rings is 1. The van der Waals surface area contributed by atoms with Crippen LogP contribution in [0.4, 0.5) is 0 Å². The summed E-state index contributed by atoms with van der Waals surface area (Å²) < 4.78 is 18.5. The first kappa shape index (κ1) is 21.3. The second-order valence-corrected chi connectivity index (χ2v) is 15.1. The highest BCUT2D eigenvalue weighted by Crippen LogP contribution is 2.46. The van der Waals surface area contributed by atoms with Gasteiger partial charge in [0, 0.05) is 25.6 Å². The topological polar surface area (TPSA) is 48.0 Å². The largest absolute Gasteiger partial charge is 0.459 e. The summed E-state index contributed by atoms with van der Waals surface area (Å²) in [5, 5.41) is 0. The van der Waals surface area contributed by atoms with Crippen molar-refractivity contribution in [3.63, 3.8) is 0 Å². The maximum Gasteiger partial charge on any atom is 0.309 e. The quantitative estimate of drug-likeness (QED) is 0.483. The Morgan fingerprint density at radius 3 is 2.22 bits per heavy atom. The highest BCUT2D eigenvalue weighted by molar-refractivity contribution is 6.77. The van der Waals surface area contributed by atoms with Crippen LogP contribution < -0.4 is 0 Å². The second-order valence-electron chi connectivity index (χ2n) is 9.67. The molecule has 0 amide bonds. The summed E-state index contributed by atoms with van der Waals surface area (Å²) in [4.78, 5) is 15.1. The van der Waals surface area contributed by atoms with Gasteiger partial charge in [-0.15, -0.1) is 0 Å². The van der Waals surface area contributed by atoms with E-state index in [9.17, 15) is 4.79 Å². The number of hydrogen-bond donors (Lipinski definition) is 0. The number of carbonyl (C=O) groups is 1. The van der Waals surface area contributed by atoms with Gasteiger partial charge in [-0.25, -0.2) is 0 Å². The number of cyclic esters (lactones) is 1. The number of methoxy groups -OCH3 is 1. The number of nitrogens with zero attached hydrogens (tertiary/aromatic N) is 1. The maximum atomic E-state index is 12.6. The van der Waals surface area contributed by atoms with Crippen LogP contribution in [0.25, 0.3) is 0 Å². The van der Waals surface area contributed by atoms with Crippen LogP contribution in [0, 0.1) is 11.8 Å². The van der Waals surface area contributed by atoms with Crippen molar-refractivity contribution < 1.29 is 18.7 Å². The Kier molecular flexibility index (Phi) is 6.41. The third-order valence-electron chi connectivity index (χ3n) is 7.60. The van der Waals surface area contributed by atoms with Gasteiger partial charge in [0.05, 0.1) is 18.6 Å². The summed E-state index contributed by atoms with van der Waals surface area (Å²) in [5.74, 6) is 0.210. The lowest BCUT2D eigenvalue weighted by Crippen LogP contribution is -2.54. The number of ether oxygens (including phenoxy) is 2. The summed E-state index contributed by atoms with van der Waals surface area (Å²) in [6.45, 7) is 16.4. The molecular weight excluding hydrogens is 358 g/mol. The van der Waals surface area contributed by atoms with Crippen LogP contribution in [0.5, 0.6) is 0 Å². The molecule has 3 saturated heterocycles. The molecular formula is C21H39NO4Si. The lowest BCUT2D eigenvalue weighted by Gasteiger charge is -2.44. The van der Waals surface area contributed by atoms with Gasteiger partial charge in [-0.05, 0) is 36.0 Å². The van der Waals surface area contributed by atoms with Crippen molar-refractivity contribution >= 4 is 14.3 Å². The number of rotatable bonds is 7. The van der Waals surface area contributed by atoms with E-state index in [0.29, 0.717) is 29.3 Å². The maximum absolute atomic E-state index is 12.6. The highest BCUT2D eigenvalue weighted by Gasteiger charge is 2.57. The molecule has 3 rings (SSSR count). The van der Waals surface area contributed by atoms with Crippen molar-refractivity contribution in [3.8, 4) is 0 Å². The predicted molar refractivity (Wildman–Crippen MR) is 109 cm³/mol. The fourth-order valence-corrected chi connectivity index (χ4v) is 12.0. The Balaban J connectivity index is 1.80. The van der Waals surface area contributed by atoms with E-state index < -0.39 is 8.32 Å². The van der Waals surface area contributed by atoms with Crippen molar-refractivity contribution in [3.05, 3.63) is 0 Å². The Labute approximate surface area is 166 Å². The van der Waals surface area contributed by atoms with Crippen molar-refractivity contribution in [2.75, 3.05) is 26.8 Å². The fraction of sp³-hybridized carbons (Fsp3) is 0.952. The SMILES string of the molecule is CO[C@H]1CCN2CC[C@H]3C(=O)O[C@H](CO[Si](C(C)C)(C(C)C)C(C)C)[C@H]3[C@H]12. The first-order valence-corrected chi connectivity index (χ1v) is 13.0. The Bertz CT molecular complexity index is 511. The van der Waals surface area contributed by atoms with Crippen LogP contribution >= 0.6 is 0 Å². The predicted octanol–water partition coefficient (Wildman–Crippen LogP) is 3.83. The molecule has 27 heavy (non-hydrogen) atoms. The Hall–Kier alpha value is -0.433. The number of hydrogen-bond acceptors (Lipinski definition) is 5. The van der Waals surface area contributed by atoms with Crippen LogP contribution in [-0.2, 0) is 18.7 Å². The first-order valence-electron chi connectivity index (χ1n) is 10.8. The molecule has 0 bridgehead atoms. The van der Waals surface area contributed by atoms with Gasteiger partial charge in [-0.2, -0.15) is 0 Å². The van der Waals surface area contributed by atoms with Crippen LogP contribution in [0.1, 0.15) is 54.4 Å². The minimum Gasteiger partial charge on any atom is -0.459 e. The molecule has 156 valence electrons. The zero-order valence-electron chi connectivity index (χ0n) is 18.2. The Morgan fingerprint density at radius 2 is 1.67 bits per heavy atom. The average Bonchev–Trinajstić information content (AvgIpc) is 3.15. The molecule has 3 aliphatic heterocycles. The first-order chi connectivity index (χ1) is 12.7. The summed E-state index contributed by atoms with van der Waals surface area (Å²) >= 11 is 0. The van der Waals surface area contributed by atoms with Gasteiger partial charge in [-0.1, -0.05) is 41.5 Å². The molecule has 0 unspecified atom stereocenters.